The molecule has 0 saturated carbocycles. The molecule has 1 fully saturated rings. The molecule has 0 unspecified atom stereocenters. The molecule has 1 aromatic heterocycles. The van der Waals surface area contributed by atoms with Gasteiger partial charge in [-0.2, -0.15) is 31.0 Å². The Morgan fingerprint density at radius 2 is 1.70 bits per heavy atom. The summed E-state index contributed by atoms with van der Waals surface area (Å²) < 4.78 is 111. The van der Waals surface area contributed by atoms with Crippen LogP contribution in [0.2, 0.25) is 0 Å². The van der Waals surface area contributed by atoms with E-state index in [-0.39, 0.29) is 37.2 Å². The Labute approximate surface area is 223 Å². The first-order chi connectivity index (χ1) is 18.8. The number of methoxy groups -OCH3 is 1. The number of aromatic nitrogens is 3. The zero-order valence-electron chi connectivity index (χ0n) is 21.0. The van der Waals surface area contributed by atoms with Crippen LogP contribution in [-0.4, -0.2) is 52.3 Å². The molecule has 4 rings (SSSR count). The Balaban J connectivity index is 1.65. The van der Waals surface area contributed by atoms with E-state index in [2.05, 4.69) is 14.8 Å². The molecule has 3 aromatic rings. The number of ether oxygens (including phenoxy) is 3. The lowest BCUT2D eigenvalue weighted by Crippen LogP contribution is -2.46. The predicted molar refractivity (Wildman–Crippen MR) is 123 cm³/mol. The third-order valence-corrected chi connectivity index (χ3v) is 6.19. The van der Waals surface area contributed by atoms with Gasteiger partial charge in [0.2, 0.25) is 0 Å². The van der Waals surface area contributed by atoms with Gasteiger partial charge in [-0.05, 0) is 48.4 Å². The number of benzene rings is 2. The fourth-order valence-corrected chi connectivity index (χ4v) is 4.23. The van der Waals surface area contributed by atoms with Gasteiger partial charge in [0.1, 0.15) is 12.1 Å². The van der Waals surface area contributed by atoms with Crippen LogP contribution in [0.5, 0.6) is 0 Å². The highest BCUT2D eigenvalue weighted by molar-refractivity contribution is 5.68. The Morgan fingerprint density at radius 1 is 1.07 bits per heavy atom. The average Bonchev–Trinajstić information content (AvgIpc) is 3.36. The number of carbonyl (C=O) groups excluding carboxylic acids is 1. The maximum Gasteiger partial charge on any atom is 0.435 e. The van der Waals surface area contributed by atoms with Crippen LogP contribution in [0.25, 0.3) is 0 Å². The second kappa shape index (κ2) is 11.5. The van der Waals surface area contributed by atoms with E-state index in [0.717, 1.165) is 11.0 Å². The summed E-state index contributed by atoms with van der Waals surface area (Å²) in [5, 5.41) is 4.05. The van der Waals surface area contributed by atoms with Crippen molar-refractivity contribution in [2.45, 2.75) is 44.3 Å². The quantitative estimate of drug-likeness (QED) is 0.346. The van der Waals surface area contributed by atoms with Gasteiger partial charge in [-0.25, -0.2) is 14.2 Å². The van der Waals surface area contributed by atoms with Crippen molar-refractivity contribution in [3.8, 4) is 0 Å². The first kappa shape index (κ1) is 29.4. The van der Waals surface area contributed by atoms with Crippen LogP contribution in [0, 0.1) is 5.82 Å². The Kier molecular flexibility index (Phi) is 8.46. The van der Waals surface area contributed by atoms with Crippen molar-refractivity contribution < 1.29 is 49.7 Å². The summed E-state index contributed by atoms with van der Waals surface area (Å²) in [6.45, 7) is 1.71. The van der Waals surface area contributed by atoms with Crippen molar-refractivity contribution >= 4 is 6.09 Å². The van der Waals surface area contributed by atoms with Crippen molar-refractivity contribution in [1.82, 2.24) is 19.7 Å². The molecule has 40 heavy (non-hydrogen) atoms. The van der Waals surface area contributed by atoms with Crippen molar-refractivity contribution in [3.05, 3.63) is 82.7 Å². The normalized spacial score (nSPS) is 19.4. The standard InChI is InChI=1S/C25H23F7N4O4/c1-14(16-9-17(24(27,28)29)11-18(10-16)25(30,31)32)40-22-21(15-3-5-19(26)6-4-15)35(7-8-39-22)12-20-33-13-36(34-20)23(37)38-2/h3-6,9-11,13-14,21-22H,7-8,12H2,1-2H3/t14-,21+,22-/m1/s1. The molecule has 0 aliphatic carbocycles. The van der Waals surface area contributed by atoms with E-state index in [1.807, 2.05) is 0 Å². The number of hydrogen-bond acceptors (Lipinski definition) is 7. The molecular weight excluding hydrogens is 553 g/mol. The molecule has 0 N–H and O–H groups in total. The highest BCUT2D eigenvalue weighted by Crippen LogP contribution is 2.39. The van der Waals surface area contributed by atoms with E-state index in [0.29, 0.717) is 17.7 Å². The largest absolute Gasteiger partial charge is 0.451 e. The number of carbonyl (C=O) groups is 1. The number of halogens is 7. The molecule has 0 spiro atoms. The maximum atomic E-state index is 13.7. The van der Waals surface area contributed by atoms with E-state index in [1.54, 1.807) is 4.90 Å². The van der Waals surface area contributed by atoms with Crippen LogP contribution in [0.3, 0.4) is 0 Å². The van der Waals surface area contributed by atoms with Crippen LogP contribution in [-0.2, 0) is 33.1 Å². The number of morpholine rings is 1. The molecule has 3 atom stereocenters. The minimum atomic E-state index is -5.02. The van der Waals surface area contributed by atoms with Crippen molar-refractivity contribution in [2.75, 3.05) is 20.3 Å². The summed E-state index contributed by atoms with van der Waals surface area (Å²) in [6, 6.07) is 5.72. The summed E-state index contributed by atoms with van der Waals surface area (Å²) in [5.41, 5.74) is -2.81. The van der Waals surface area contributed by atoms with Crippen molar-refractivity contribution in [3.63, 3.8) is 0 Å². The molecule has 0 radical (unpaired) electrons. The lowest BCUT2D eigenvalue weighted by Gasteiger charge is -2.41. The summed E-state index contributed by atoms with van der Waals surface area (Å²) in [4.78, 5) is 17.6. The summed E-state index contributed by atoms with van der Waals surface area (Å²) in [6.07, 6.45) is -12.1. The maximum absolute atomic E-state index is 13.7. The molecule has 1 aliphatic rings. The molecule has 1 aliphatic heterocycles. The van der Waals surface area contributed by atoms with E-state index in [9.17, 15) is 35.5 Å². The fraction of sp³-hybridized carbons (Fsp3) is 0.400. The summed E-state index contributed by atoms with van der Waals surface area (Å²) in [5.74, 6) is -0.320. The molecule has 1 saturated heterocycles. The summed E-state index contributed by atoms with van der Waals surface area (Å²) >= 11 is 0. The van der Waals surface area contributed by atoms with Crippen molar-refractivity contribution in [1.29, 1.82) is 0 Å². The second-order valence-corrected chi connectivity index (χ2v) is 8.90. The van der Waals surface area contributed by atoms with E-state index in [1.165, 1.54) is 38.3 Å². The molecular formula is C25H23F7N4O4. The lowest BCUT2D eigenvalue weighted by molar-refractivity contribution is -0.231. The lowest BCUT2D eigenvalue weighted by atomic mass is 10.0. The van der Waals surface area contributed by atoms with Crippen LogP contribution < -0.4 is 0 Å². The number of rotatable bonds is 6. The van der Waals surface area contributed by atoms with Crippen molar-refractivity contribution in [2.24, 2.45) is 0 Å². The average molecular weight is 576 g/mol. The molecule has 0 amide bonds. The van der Waals surface area contributed by atoms with Gasteiger partial charge in [-0.1, -0.05) is 12.1 Å². The topological polar surface area (TPSA) is 78.7 Å². The second-order valence-electron chi connectivity index (χ2n) is 8.90. The minimum Gasteiger partial charge on any atom is -0.451 e. The molecule has 0 bridgehead atoms. The molecule has 2 aromatic carbocycles. The number of alkyl halides is 6. The Bertz CT molecular complexity index is 1300. The van der Waals surface area contributed by atoms with Gasteiger partial charge < -0.3 is 14.2 Å². The first-order valence-electron chi connectivity index (χ1n) is 11.8. The summed E-state index contributed by atoms with van der Waals surface area (Å²) in [7, 11) is 1.17. The van der Waals surface area contributed by atoms with Crippen LogP contribution in [0.1, 0.15) is 47.1 Å². The highest BCUT2D eigenvalue weighted by atomic mass is 19.4. The SMILES string of the molecule is COC(=O)n1cnc(CN2CCO[C@H](O[C@H](C)c3cc(C(F)(F)F)cc(C(F)(F)F)c3)[C@@H]2c2ccc(F)cc2)n1. The van der Waals surface area contributed by atoms with Gasteiger partial charge in [0.25, 0.3) is 0 Å². The van der Waals surface area contributed by atoms with E-state index >= 15 is 0 Å². The van der Waals surface area contributed by atoms with Gasteiger partial charge in [-0.15, -0.1) is 5.10 Å². The van der Waals surface area contributed by atoms with Crippen LogP contribution >= 0.6 is 0 Å². The predicted octanol–water partition coefficient (Wildman–Crippen LogP) is 5.75. The first-order valence-corrected chi connectivity index (χ1v) is 11.8. The van der Waals surface area contributed by atoms with Crippen LogP contribution in [0.4, 0.5) is 35.5 Å². The Morgan fingerprint density at radius 3 is 2.27 bits per heavy atom. The zero-order chi connectivity index (χ0) is 29.2. The highest BCUT2D eigenvalue weighted by Gasteiger charge is 2.39. The van der Waals surface area contributed by atoms with Gasteiger partial charge in [0.05, 0.1) is 43.5 Å². The zero-order valence-corrected chi connectivity index (χ0v) is 21.0. The Hall–Kier alpha value is -3.56. The molecule has 8 nitrogen and oxygen atoms in total. The smallest absolute Gasteiger partial charge is 0.435 e. The molecule has 2 heterocycles. The van der Waals surface area contributed by atoms with Gasteiger partial charge in [0, 0.05) is 6.54 Å². The molecule has 15 heteroatoms. The van der Waals surface area contributed by atoms with E-state index in [4.69, 9.17) is 9.47 Å². The van der Waals surface area contributed by atoms with Gasteiger partial charge in [0.15, 0.2) is 12.1 Å². The van der Waals surface area contributed by atoms with E-state index < -0.39 is 53.8 Å². The minimum absolute atomic E-state index is 0.0385. The molecule has 216 valence electrons. The van der Waals surface area contributed by atoms with Gasteiger partial charge in [-0.3, -0.25) is 4.90 Å². The third-order valence-electron chi connectivity index (χ3n) is 6.19. The van der Waals surface area contributed by atoms with Crippen LogP contribution in [0.15, 0.2) is 48.8 Å². The monoisotopic (exact) mass is 576 g/mol. The third kappa shape index (κ3) is 6.77. The fourth-order valence-electron chi connectivity index (χ4n) is 4.23. The number of nitrogens with zero attached hydrogens (tertiary/aromatic N) is 4. The number of hydrogen-bond donors (Lipinski definition) is 0. The van der Waals surface area contributed by atoms with Gasteiger partial charge >= 0.3 is 18.4 Å².